The van der Waals surface area contributed by atoms with E-state index in [4.69, 9.17) is 24.3 Å². The van der Waals surface area contributed by atoms with Gasteiger partial charge in [-0.25, -0.2) is 14.1 Å². The van der Waals surface area contributed by atoms with E-state index in [9.17, 15) is 19.6 Å². The molecule has 1 saturated heterocycles. The molecule has 41 heavy (non-hydrogen) atoms. The maximum Gasteiger partial charge on any atom is 0.459 e. The minimum Gasteiger partial charge on any atom is -0.464 e. The van der Waals surface area contributed by atoms with Crippen LogP contribution in [0.15, 0.2) is 47.2 Å². The first-order valence-corrected chi connectivity index (χ1v) is 15.2. The fraction of sp³-hybridized carbons (Fsp3) is 0.500. The van der Waals surface area contributed by atoms with Crippen LogP contribution in [0.1, 0.15) is 40.3 Å². The number of nitrogens with zero attached hydrogens (tertiary/aromatic N) is 3. The minimum atomic E-state index is -4.26. The molecular weight excluding hydrogens is 621 g/mol. The number of carbonyl (C=O) groups is 1. The maximum atomic E-state index is 13.9. The number of ether oxygens (including phenoxy) is 2. The number of hydrogen-bond acceptors (Lipinski definition) is 11. The van der Waals surface area contributed by atoms with E-state index >= 15 is 0 Å². The highest BCUT2D eigenvalue weighted by molar-refractivity contribution is 9.10. The molecule has 1 aliphatic rings. The lowest BCUT2D eigenvalue weighted by Gasteiger charge is -2.28. The number of aliphatic hydroxyl groups is 2. The third-order valence-corrected chi connectivity index (χ3v) is 8.63. The second-order valence-electron chi connectivity index (χ2n) is 11.2. The van der Waals surface area contributed by atoms with Gasteiger partial charge in [0.05, 0.1) is 18.9 Å². The SMILES string of the molecule is C[C@H](NP(=O)(OC[C@H]1O[C@@](C)(c2ccc3c(N)ncnn23)[C@H](O)[C@@H]1O)Oc1ccc(Br)cc1)C(=O)OCC(C)(C)C. The Morgan fingerprint density at radius 1 is 1.27 bits per heavy atom. The third-order valence-electron chi connectivity index (χ3n) is 6.46. The van der Waals surface area contributed by atoms with E-state index in [0.29, 0.717) is 11.2 Å². The largest absolute Gasteiger partial charge is 0.464 e. The van der Waals surface area contributed by atoms with E-state index in [1.807, 2.05) is 20.8 Å². The Balaban J connectivity index is 1.53. The summed E-state index contributed by atoms with van der Waals surface area (Å²) in [6, 6.07) is 8.77. The zero-order valence-electron chi connectivity index (χ0n) is 23.4. The van der Waals surface area contributed by atoms with Crippen molar-refractivity contribution >= 4 is 41.0 Å². The van der Waals surface area contributed by atoms with Crippen molar-refractivity contribution in [3.8, 4) is 5.75 Å². The number of nitrogens with two attached hydrogens (primary N) is 1. The number of nitrogens with one attached hydrogen (secondary N) is 1. The molecule has 3 heterocycles. The molecule has 0 radical (unpaired) electrons. The van der Waals surface area contributed by atoms with Gasteiger partial charge in [0, 0.05) is 4.47 Å². The average molecular weight is 656 g/mol. The van der Waals surface area contributed by atoms with Crippen LogP contribution in [0.4, 0.5) is 5.82 Å². The molecule has 1 aromatic carbocycles. The fourth-order valence-corrected chi connectivity index (χ4v) is 6.02. The monoisotopic (exact) mass is 655 g/mol. The molecule has 15 heteroatoms. The number of anilines is 1. The summed E-state index contributed by atoms with van der Waals surface area (Å²) in [4.78, 5) is 16.6. The van der Waals surface area contributed by atoms with Gasteiger partial charge in [0.15, 0.2) is 5.82 Å². The van der Waals surface area contributed by atoms with Crippen LogP contribution >= 0.6 is 23.7 Å². The van der Waals surface area contributed by atoms with E-state index in [1.165, 1.54) is 17.8 Å². The van der Waals surface area contributed by atoms with Gasteiger partial charge in [0.1, 0.15) is 47.5 Å². The Morgan fingerprint density at radius 2 is 1.95 bits per heavy atom. The smallest absolute Gasteiger partial charge is 0.459 e. The Hall–Kier alpha value is -2.58. The third kappa shape index (κ3) is 7.08. The second kappa shape index (κ2) is 12.0. The molecule has 3 aromatic rings. The van der Waals surface area contributed by atoms with Gasteiger partial charge in [-0.3, -0.25) is 9.32 Å². The Kier molecular flexibility index (Phi) is 9.15. The van der Waals surface area contributed by atoms with Crippen molar-refractivity contribution in [2.24, 2.45) is 5.41 Å². The van der Waals surface area contributed by atoms with Gasteiger partial charge in [-0.2, -0.15) is 10.2 Å². The number of hydrogen-bond donors (Lipinski definition) is 4. The molecule has 0 bridgehead atoms. The number of esters is 1. The maximum absolute atomic E-state index is 13.9. The number of nitrogen functional groups attached to an aromatic ring is 1. The molecule has 13 nitrogen and oxygen atoms in total. The first kappa shape index (κ1) is 31.4. The number of halogens is 1. The quantitative estimate of drug-likeness (QED) is 0.185. The summed E-state index contributed by atoms with van der Waals surface area (Å²) >= 11 is 3.33. The summed E-state index contributed by atoms with van der Waals surface area (Å²) < 4.78 is 39.0. The fourth-order valence-electron chi connectivity index (χ4n) is 4.25. The summed E-state index contributed by atoms with van der Waals surface area (Å²) in [6.45, 7) is 8.49. The predicted octanol–water partition coefficient (Wildman–Crippen LogP) is 3.18. The molecule has 1 unspecified atom stereocenters. The highest BCUT2D eigenvalue weighted by atomic mass is 79.9. The molecule has 5 N–H and O–H groups in total. The Bertz CT molecular complexity index is 1430. The van der Waals surface area contributed by atoms with E-state index in [2.05, 4.69) is 31.1 Å². The summed E-state index contributed by atoms with van der Waals surface area (Å²) in [7, 11) is -4.26. The standard InChI is InChI=1S/C26H35BrN5O8P/c1-15(24(35)37-13-25(2,3)4)31-41(36,40-17-8-6-16(27)7-9-17)38-12-19-21(33)22(34)26(5,39-19)20-11-10-18-23(28)29-14-30-32(18)20/h6-11,14-15,19,21-22,33-34H,12-13H2,1-5H3,(H,31,36)(H2,28,29,30)/t15-,19+,21+,22+,26-,41?/m0/s1. The van der Waals surface area contributed by atoms with E-state index in [0.717, 1.165) is 4.47 Å². The van der Waals surface area contributed by atoms with Crippen LogP contribution in [0, 0.1) is 5.41 Å². The van der Waals surface area contributed by atoms with Crippen molar-refractivity contribution in [3.63, 3.8) is 0 Å². The molecule has 4 rings (SSSR count). The Labute approximate surface area is 246 Å². The summed E-state index contributed by atoms with van der Waals surface area (Å²) in [5.41, 5.74) is 5.15. The molecule has 0 amide bonds. The van der Waals surface area contributed by atoms with E-state index in [-0.39, 0.29) is 23.6 Å². The normalized spacial score (nSPS) is 25.1. The molecular formula is C26H35BrN5O8P. The van der Waals surface area contributed by atoms with Crippen molar-refractivity contribution in [2.45, 2.75) is 64.6 Å². The topological polar surface area (TPSA) is 180 Å². The molecule has 0 spiro atoms. The molecule has 1 fully saturated rings. The van der Waals surface area contributed by atoms with Gasteiger partial charge >= 0.3 is 13.7 Å². The van der Waals surface area contributed by atoms with Crippen LogP contribution in [0.3, 0.4) is 0 Å². The van der Waals surface area contributed by atoms with Crippen LogP contribution in [0.5, 0.6) is 5.75 Å². The molecule has 0 aliphatic carbocycles. The van der Waals surface area contributed by atoms with Gasteiger partial charge in [-0.05, 0) is 55.7 Å². The number of rotatable bonds is 10. The summed E-state index contributed by atoms with van der Waals surface area (Å²) in [5.74, 6) is -0.214. The van der Waals surface area contributed by atoms with Crippen molar-refractivity contribution in [1.82, 2.24) is 19.7 Å². The number of carbonyl (C=O) groups excluding carboxylic acids is 1. The van der Waals surface area contributed by atoms with Gasteiger partial charge in [0.25, 0.3) is 0 Å². The lowest BCUT2D eigenvalue weighted by atomic mass is 9.93. The van der Waals surface area contributed by atoms with Gasteiger partial charge < -0.3 is 29.9 Å². The molecule has 1 aliphatic heterocycles. The van der Waals surface area contributed by atoms with Crippen LogP contribution in [-0.4, -0.2) is 68.3 Å². The predicted molar refractivity (Wildman–Crippen MR) is 153 cm³/mol. The number of aliphatic hydroxyl groups excluding tert-OH is 2. The van der Waals surface area contributed by atoms with Crippen LogP contribution in [0.25, 0.3) is 5.52 Å². The number of aromatic nitrogens is 3. The van der Waals surface area contributed by atoms with E-state index in [1.54, 1.807) is 43.3 Å². The van der Waals surface area contributed by atoms with E-state index < -0.39 is 50.3 Å². The lowest BCUT2D eigenvalue weighted by molar-refractivity contribution is -0.148. The van der Waals surface area contributed by atoms with Crippen molar-refractivity contribution in [2.75, 3.05) is 18.9 Å². The second-order valence-corrected chi connectivity index (χ2v) is 13.8. The van der Waals surface area contributed by atoms with Crippen molar-refractivity contribution in [1.29, 1.82) is 0 Å². The highest BCUT2D eigenvalue weighted by Crippen LogP contribution is 2.47. The first-order valence-electron chi connectivity index (χ1n) is 12.9. The highest BCUT2D eigenvalue weighted by Gasteiger charge is 2.54. The van der Waals surface area contributed by atoms with Gasteiger partial charge in [-0.1, -0.05) is 36.7 Å². The number of benzene rings is 1. The summed E-state index contributed by atoms with van der Waals surface area (Å²) in [6.07, 6.45) is -2.70. The molecule has 6 atom stereocenters. The zero-order chi connectivity index (χ0) is 30.2. The Morgan fingerprint density at radius 3 is 2.61 bits per heavy atom. The lowest BCUT2D eigenvalue weighted by Crippen LogP contribution is -2.40. The van der Waals surface area contributed by atoms with Crippen LogP contribution < -0.4 is 15.3 Å². The van der Waals surface area contributed by atoms with Crippen LogP contribution in [-0.2, 0) is 29.0 Å². The van der Waals surface area contributed by atoms with Gasteiger partial charge in [0.2, 0.25) is 0 Å². The zero-order valence-corrected chi connectivity index (χ0v) is 25.8. The van der Waals surface area contributed by atoms with Crippen molar-refractivity contribution < 1.29 is 38.1 Å². The molecule has 224 valence electrons. The van der Waals surface area contributed by atoms with Crippen molar-refractivity contribution in [3.05, 3.63) is 52.9 Å². The molecule has 2 aromatic heterocycles. The summed E-state index contributed by atoms with van der Waals surface area (Å²) in [5, 5.41) is 28.7. The number of fused-ring (bicyclic) bond motifs is 1. The van der Waals surface area contributed by atoms with Gasteiger partial charge in [-0.15, -0.1) is 0 Å². The molecule has 0 saturated carbocycles. The minimum absolute atomic E-state index is 0.153. The van der Waals surface area contributed by atoms with Crippen LogP contribution in [0.2, 0.25) is 0 Å². The first-order chi connectivity index (χ1) is 19.1. The average Bonchev–Trinajstić information content (AvgIpc) is 3.44.